The molecule has 128 valence electrons. The lowest BCUT2D eigenvalue weighted by molar-refractivity contribution is -0.153. The van der Waals surface area contributed by atoms with Crippen molar-refractivity contribution < 1.29 is 32.5 Å². The Morgan fingerprint density at radius 3 is 2.65 bits per heavy atom. The van der Waals surface area contributed by atoms with Crippen LogP contribution in [-0.2, 0) is 20.4 Å². The number of hydrogen-bond donors (Lipinski definition) is 2. The van der Waals surface area contributed by atoms with Crippen molar-refractivity contribution >= 4 is 5.91 Å². The summed E-state index contributed by atoms with van der Waals surface area (Å²) in [5, 5.41) is 12.4. The minimum absolute atomic E-state index is 0.0497. The van der Waals surface area contributed by atoms with Gasteiger partial charge in [-0.15, -0.1) is 0 Å². The lowest BCUT2D eigenvalue weighted by Crippen LogP contribution is -2.39. The molecule has 2 N–H and O–H groups in total. The smallest absolute Gasteiger partial charge is 0.387 e. The van der Waals surface area contributed by atoms with Crippen molar-refractivity contribution in [2.24, 2.45) is 0 Å². The summed E-state index contributed by atoms with van der Waals surface area (Å²) in [7, 11) is 0. The van der Waals surface area contributed by atoms with Crippen LogP contribution in [0.5, 0.6) is 0 Å². The summed E-state index contributed by atoms with van der Waals surface area (Å²) in [6, 6.07) is 4.70. The molecule has 0 aliphatic carbocycles. The normalized spacial score (nSPS) is 21.9. The zero-order chi connectivity index (χ0) is 17.3. The van der Waals surface area contributed by atoms with E-state index in [-0.39, 0.29) is 18.7 Å². The number of carbonyl (C=O) groups excluding carboxylic acids is 1. The zero-order valence-corrected chi connectivity index (χ0v) is 12.7. The van der Waals surface area contributed by atoms with E-state index in [1.54, 1.807) is 13.8 Å². The van der Waals surface area contributed by atoms with E-state index >= 15 is 0 Å². The average Bonchev–Trinajstić information content (AvgIpc) is 2.84. The van der Waals surface area contributed by atoms with E-state index in [0.717, 1.165) is 6.07 Å². The Labute approximate surface area is 131 Å². The van der Waals surface area contributed by atoms with Crippen molar-refractivity contribution in [1.29, 1.82) is 0 Å². The number of amides is 1. The molecule has 1 heterocycles. The number of aliphatic hydroxyl groups excluding tert-OH is 1. The number of ether oxygens (including phenoxy) is 2. The molecule has 0 spiro atoms. The number of alkyl halides is 3. The molecule has 23 heavy (non-hydrogen) atoms. The number of carbonyl (C=O) groups is 1. The molecule has 1 aliphatic rings. The van der Waals surface area contributed by atoms with Crippen LogP contribution in [0, 0.1) is 0 Å². The van der Waals surface area contributed by atoms with Gasteiger partial charge in [0.15, 0.2) is 11.9 Å². The van der Waals surface area contributed by atoms with Crippen LogP contribution in [0.15, 0.2) is 24.3 Å². The Morgan fingerprint density at radius 2 is 2.09 bits per heavy atom. The van der Waals surface area contributed by atoms with Gasteiger partial charge in [-0.25, -0.2) is 0 Å². The third-order valence-electron chi connectivity index (χ3n) is 3.40. The maximum absolute atomic E-state index is 12.9. The van der Waals surface area contributed by atoms with Gasteiger partial charge in [0.2, 0.25) is 0 Å². The first-order valence-electron chi connectivity index (χ1n) is 7.04. The van der Waals surface area contributed by atoms with Crippen LogP contribution in [0.4, 0.5) is 13.2 Å². The maximum Gasteiger partial charge on any atom is 0.416 e. The molecule has 0 radical (unpaired) electrons. The number of benzene rings is 1. The van der Waals surface area contributed by atoms with Gasteiger partial charge in [0.25, 0.3) is 5.91 Å². The topological polar surface area (TPSA) is 67.8 Å². The van der Waals surface area contributed by atoms with Gasteiger partial charge in [0.05, 0.1) is 18.3 Å². The van der Waals surface area contributed by atoms with Crippen LogP contribution in [0.25, 0.3) is 0 Å². The molecule has 1 unspecified atom stereocenters. The Kier molecular flexibility index (Phi) is 4.98. The largest absolute Gasteiger partial charge is 0.416 e. The summed E-state index contributed by atoms with van der Waals surface area (Å²) in [5.41, 5.74) is -1.22. The molecule has 1 aliphatic heterocycles. The summed E-state index contributed by atoms with van der Waals surface area (Å²) >= 11 is 0. The Hall–Kier alpha value is -1.64. The van der Waals surface area contributed by atoms with Gasteiger partial charge < -0.3 is 19.9 Å². The second-order valence-corrected chi connectivity index (χ2v) is 5.66. The van der Waals surface area contributed by atoms with E-state index in [1.165, 1.54) is 18.2 Å². The van der Waals surface area contributed by atoms with E-state index in [9.17, 15) is 23.1 Å². The predicted molar refractivity (Wildman–Crippen MR) is 74.3 cm³/mol. The minimum Gasteiger partial charge on any atom is -0.387 e. The van der Waals surface area contributed by atoms with Gasteiger partial charge in [-0.3, -0.25) is 4.79 Å². The molecule has 1 amide bonds. The summed E-state index contributed by atoms with van der Waals surface area (Å²) in [4.78, 5) is 11.9. The monoisotopic (exact) mass is 333 g/mol. The van der Waals surface area contributed by atoms with E-state index in [1.807, 2.05) is 0 Å². The van der Waals surface area contributed by atoms with Gasteiger partial charge in [0.1, 0.15) is 0 Å². The van der Waals surface area contributed by atoms with Crippen molar-refractivity contribution in [1.82, 2.24) is 5.32 Å². The van der Waals surface area contributed by atoms with Gasteiger partial charge >= 0.3 is 6.18 Å². The lowest BCUT2D eigenvalue weighted by atomic mass is 10.0. The standard InChI is InChI=1S/C15H18F3NO4/c1-14(2)22-8-12(23-14)13(21)19-7-11(20)9-5-3-4-6-10(9)15(16,17)18/h3-6,11-12,20H,7-8H2,1-2H3,(H,19,21)/t11?,12-/m0/s1. The molecule has 0 saturated carbocycles. The van der Waals surface area contributed by atoms with E-state index < -0.39 is 35.6 Å². The van der Waals surface area contributed by atoms with E-state index in [0.29, 0.717) is 0 Å². The van der Waals surface area contributed by atoms with Crippen LogP contribution in [0.3, 0.4) is 0 Å². The summed E-state index contributed by atoms with van der Waals surface area (Å²) in [6.07, 6.45) is -6.91. The molecular weight excluding hydrogens is 315 g/mol. The quantitative estimate of drug-likeness (QED) is 0.884. The first kappa shape index (κ1) is 17.7. The highest BCUT2D eigenvalue weighted by atomic mass is 19.4. The van der Waals surface area contributed by atoms with Crippen LogP contribution >= 0.6 is 0 Å². The van der Waals surface area contributed by atoms with Crippen LogP contribution in [0.2, 0.25) is 0 Å². The number of nitrogens with one attached hydrogen (secondary N) is 1. The van der Waals surface area contributed by atoms with Gasteiger partial charge in [0, 0.05) is 6.54 Å². The third-order valence-corrected chi connectivity index (χ3v) is 3.40. The van der Waals surface area contributed by atoms with Crippen molar-refractivity contribution in [3.05, 3.63) is 35.4 Å². The van der Waals surface area contributed by atoms with Gasteiger partial charge in [-0.2, -0.15) is 13.2 Å². The number of aliphatic hydroxyl groups is 1. The van der Waals surface area contributed by atoms with Gasteiger partial charge in [-0.1, -0.05) is 18.2 Å². The first-order chi connectivity index (χ1) is 10.6. The van der Waals surface area contributed by atoms with E-state index in [4.69, 9.17) is 9.47 Å². The molecule has 0 aromatic heterocycles. The molecule has 2 atom stereocenters. The highest BCUT2D eigenvalue weighted by Crippen LogP contribution is 2.34. The van der Waals surface area contributed by atoms with Crippen molar-refractivity contribution in [2.45, 2.75) is 38.0 Å². The fourth-order valence-electron chi connectivity index (χ4n) is 2.28. The second-order valence-electron chi connectivity index (χ2n) is 5.66. The summed E-state index contributed by atoms with van der Waals surface area (Å²) in [5.74, 6) is -1.43. The zero-order valence-electron chi connectivity index (χ0n) is 12.7. The van der Waals surface area contributed by atoms with Crippen molar-refractivity contribution in [3.8, 4) is 0 Å². The SMILES string of the molecule is CC1(C)OC[C@@H](C(=O)NCC(O)c2ccccc2C(F)(F)F)O1. The predicted octanol–water partition coefficient (Wildman–Crippen LogP) is 2.01. The number of halogens is 3. The molecule has 1 aromatic carbocycles. The summed E-state index contributed by atoms with van der Waals surface area (Å²) < 4.78 is 49.3. The Morgan fingerprint density at radius 1 is 1.43 bits per heavy atom. The summed E-state index contributed by atoms with van der Waals surface area (Å²) in [6.45, 7) is 2.99. The van der Waals surface area contributed by atoms with Crippen molar-refractivity contribution in [2.75, 3.05) is 13.2 Å². The van der Waals surface area contributed by atoms with Gasteiger partial charge in [-0.05, 0) is 25.5 Å². The number of hydrogen-bond acceptors (Lipinski definition) is 4. The molecule has 0 bridgehead atoms. The number of rotatable bonds is 4. The molecule has 8 heteroatoms. The molecule has 2 rings (SSSR count). The van der Waals surface area contributed by atoms with Crippen LogP contribution in [0.1, 0.15) is 31.1 Å². The molecule has 1 aromatic rings. The third kappa shape index (κ3) is 4.43. The lowest BCUT2D eigenvalue weighted by Gasteiger charge is -2.19. The molecule has 5 nitrogen and oxygen atoms in total. The molecular formula is C15H18F3NO4. The first-order valence-corrected chi connectivity index (χ1v) is 7.04. The Bertz CT molecular complexity index is 574. The van der Waals surface area contributed by atoms with E-state index in [2.05, 4.69) is 5.32 Å². The van der Waals surface area contributed by atoms with Crippen LogP contribution < -0.4 is 5.32 Å². The highest BCUT2D eigenvalue weighted by molar-refractivity contribution is 5.81. The molecule has 1 saturated heterocycles. The second kappa shape index (κ2) is 6.46. The van der Waals surface area contributed by atoms with Crippen LogP contribution in [-0.4, -0.2) is 36.1 Å². The fraction of sp³-hybridized carbons (Fsp3) is 0.533. The Balaban J connectivity index is 1.98. The highest BCUT2D eigenvalue weighted by Gasteiger charge is 2.38. The average molecular weight is 333 g/mol. The fourth-order valence-corrected chi connectivity index (χ4v) is 2.28. The van der Waals surface area contributed by atoms with Crippen molar-refractivity contribution in [3.63, 3.8) is 0 Å². The maximum atomic E-state index is 12.9. The molecule has 1 fully saturated rings. The minimum atomic E-state index is -4.58.